The first-order valence-corrected chi connectivity index (χ1v) is 4.51. The zero-order valence-corrected chi connectivity index (χ0v) is 6.81. The highest BCUT2D eigenvalue weighted by molar-refractivity contribution is 7.87. The van der Waals surface area contributed by atoms with Gasteiger partial charge in [0.2, 0.25) is 0 Å². The van der Waals surface area contributed by atoms with Crippen LogP contribution in [0.25, 0.3) is 0 Å². The third-order valence-corrected chi connectivity index (χ3v) is 2.81. The number of hydrogen-bond acceptors (Lipinski definition) is 3. The fourth-order valence-corrected chi connectivity index (χ4v) is 1.63. The summed E-state index contributed by atoms with van der Waals surface area (Å²) in [5.41, 5.74) is 0. The van der Waals surface area contributed by atoms with E-state index < -0.39 is 16.2 Å². The van der Waals surface area contributed by atoms with Crippen LogP contribution in [0.15, 0.2) is 0 Å². The van der Waals surface area contributed by atoms with Crippen LogP contribution in [0.4, 0.5) is 4.79 Å². The molecule has 0 aromatic heterocycles. The number of urea groups is 1. The first kappa shape index (κ1) is 8.28. The molecule has 0 aromatic carbocycles. The molecule has 0 bridgehead atoms. The maximum atomic E-state index is 11.0. The van der Waals surface area contributed by atoms with E-state index in [0.29, 0.717) is 6.54 Å². The molecule has 0 spiro atoms. The standard InChI is InChI=1S/C4H9N3O3S/c1-5-11(9,10)7-3-2-6-4(7)8/h5H,2-3H2,1H3,(H,6,8). The van der Waals surface area contributed by atoms with Crippen LogP contribution in [0.5, 0.6) is 0 Å². The molecule has 2 amide bonds. The second kappa shape index (κ2) is 2.67. The summed E-state index contributed by atoms with van der Waals surface area (Å²) in [6.45, 7) is 0.571. The Morgan fingerprint density at radius 1 is 1.64 bits per heavy atom. The largest absolute Gasteiger partial charge is 0.335 e. The number of nitrogens with one attached hydrogen (secondary N) is 2. The molecule has 7 heteroatoms. The third kappa shape index (κ3) is 1.43. The highest BCUT2D eigenvalue weighted by atomic mass is 32.2. The smallest absolute Gasteiger partial charge is 0.332 e. The van der Waals surface area contributed by atoms with E-state index in [4.69, 9.17) is 0 Å². The Kier molecular flexibility index (Phi) is 2.01. The van der Waals surface area contributed by atoms with Crippen LogP contribution in [0, 0.1) is 0 Å². The summed E-state index contributed by atoms with van der Waals surface area (Å²) in [6.07, 6.45) is 0. The van der Waals surface area contributed by atoms with Crippen molar-refractivity contribution < 1.29 is 13.2 Å². The van der Waals surface area contributed by atoms with Crippen molar-refractivity contribution in [3.05, 3.63) is 0 Å². The highest BCUT2D eigenvalue weighted by Gasteiger charge is 2.29. The Hall–Kier alpha value is -0.820. The fraction of sp³-hybridized carbons (Fsp3) is 0.750. The van der Waals surface area contributed by atoms with Gasteiger partial charge in [-0.3, -0.25) is 0 Å². The van der Waals surface area contributed by atoms with E-state index in [1.54, 1.807) is 0 Å². The van der Waals surface area contributed by atoms with Gasteiger partial charge in [-0.2, -0.15) is 8.42 Å². The molecule has 0 saturated carbocycles. The van der Waals surface area contributed by atoms with E-state index >= 15 is 0 Å². The average molecular weight is 179 g/mol. The summed E-state index contributed by atoms with van der Waals surface area (Å²) >= 11 is 0. The fourth-order valence-electron chi connectivity index (χ4n) is 0.794. The van der Waals surface area contributed by atoms with Crippen molar-refractivity contribution >= 4 is 16.2 Å². The maximum Gasteiger partial charge on any atom is 0.332 e. The van der Waals surface area contributed by atoms with Crippen LogP contribution in [0.3, 0.4) is 0 Å². The van der Waals surface area contributed by atoms with Crippen molar-refractivity contribution in [3.63, 3.8) is 0 Å². The van der Waals surface area contributed by atoms with Gasteiger partial charge in [0, 0.05) is 13.6 Å². The average Bonchev–Trinajstić information content (AvgIpc) is 2.36. The van der Waals surface area contributed by atoms with Crippen molar-refractivity contribution in [3.8, 4) is 0 Å². The SMILES string of the molecule is CNS(=O)(=O)N1CCNC1=O. The molecule has 0 atom stereocenters. The van der Waals surface area contributed by atoms with Gasteiger partial charge in [0.05, 0.1) is 6.54 Å². The Bertz CT molecular complexity index is 260. The summed E-state index contributed by atoms with van der Waals surface area (Å²) < 4.78 is 24.7. The predicted molar refractivity (Wildman–Crippen MR) is 38.1 cm³/mol. The van der Waals surface area contributed by atoms with Crippen LogP contribution in [0.2, 0.25) is 0 Å². The highest BCUT2D eigenvalue weighted by Crippen LogP contribution is 2.01. The molecular weight excluding hydrogens is 170 g/mol. The van der Waals surface area contributed by atoms with E-state index in [1.165, 1.54) is 7.05 Å². The van der Waals surface area contributed by atoms with Crippen LogP contribution >= 0.6 is 0 Å². The molecule has 6 nitrogen and oxygen atoms in total. The molecule has 0 aromatic rings. The van der Waals surface area contributed by atoms with Gasteiger partial charge in [-0.05, 0) is 0 Å². The number of amides is 2. The molecule has 11 heavy (non-hydrogen) atoms. The molecular formula is C4H9N3O3S. The van der Waals surface area contributed by atoms with Crippen molar-refractivity contribution in [2.24, 2.45) is 0 Å². The first-order valence-electron chi connectivity index (χ1n) is 3.07. The lowest BCUT2D eigenvalue weighted by Gasteiger charge is -2.12. The zero-order chi connectivity index (χ0) is 8.48. The first-order chi connectivity index (χ1) is 5.08. The van der Waals surface area contributed by atoms with Crippen molar-refractivity contribution in [2.75, 3.05) is 20.1 Å². The molecule has 1 aliphatic heterocycles. The van der Waals surface area contributed by atoms with Gasteiger partial charge in [0.15, 0.2) is 0 Å². The van der Waals surface area contributed by atoms with Gasteiger partial charge in [0.1, 0.15) is 0 Å². The minimum Gasteiger partial charge on any atom is -0.335 e. The van der Waals surface area contributed by atoms with E-state index in [9.17, 15) is 13.2 Å². The molecule has 1 saturated heterocycles. The van der Waals surface area contributed by atoms with Crippen LogP contribution in [0.1, 0.15) is 0 Å². The van der Waals surface area contributed by atoms with Gasteiger partial charge in [-0.15, -0.1) is 0 Å². The van der Waals surface area contributed by atoms with E-state index in [-0.39, 0.29) is 6.54 Å². The molecule has 0 aliphatic carbocycles. The molecule has 1 heterocycles. The zero-order valence-electron chi connectivity index (χ0n) is 5.99. The number of hydrogen-bond donors (Lipinski definition) is 2. The molecule has 0 radical (unpaired) electrons. The van der Waals surface area contributed by atoms with Crippen molar-refractivity contribution in [1.29, 1.82) is 0 Å². The molecule has 1 fully saturated rings. The number of nitrogens with zero attached hydrogens (tertiary/aromatic N) is 1. The van der Waals surface area contributed by atoms with Gasteiger partial charge < -0.3 is 5.32 Å². The second-order valence-corrected chi connectivity index (χ2v) is 3.81. The lowest BCUT2D eigenvalue weighted by molar-refractivity contribution is 0.235. The Morgan fingerprint density at radius 2 is 2.27 bits per heavy atom. The van der Waals surface area contributed by atoms with Gasteiger partial charge in [0.25, 0.3) is 0 Å². The lowest BCUT2D eigenvalue weighted by Crippen LogP contribution is -2.40. The second-order valence-electron chi connectivity index (χ2n) is 2.01. The topological polar surface area (TPSA) is 78.5 Å². The Balaban J connectivity index is 2.83. The van der Waals surface area contributed by atoms with Crippen molar-refractivity contribution in [1.82, 2.24) is 14.3 Å². The maximum absolute atomic E-state index is 11.0. The number of rotatable bonds is 2. The van der Waals surface area contributed by atoms with Crippen LogP contribution in [-0.4, -0.2) is 38.9 Å². The molecule has 1 aliphatic rings. The Morgan fingerprint density at radius 3 is 2.64 bits per heavy atom. The van der Waals surface area contributed by atoms with E-state index in [0.717, 1.165) is 4.31 Å². The molecule has 2 N–H and O–H groups in total. The summed E-state index contributed by atoms with van der Waals surface area (Å²) in [7, 11) is -2.31. The van der Waals surface area contributed by atoms with Crippen molar-refractivity contribution in [2.45, 2.75) is 0 Å². The predicted octanol–water partition coefficient (Wildman–Crippen LogP) is -1.52. The summed E-state index contributed by atoms with van der Waals surface area (Å²) in [5.74, 6) is 0. The summed E-state index contributed by atoms with van der Waals surface area (Å²) in [5, 5.41) is 2.38. The molecule has 1 rings (SSSR count). The minimum atomic E-state index is -3.58. The summed E-state index contributed by atoms with van der Waals surface area (Å²) in [6, 6.07) is -0.570. The normalized spacial score (nSPS) is 18.6. The molecule has 64 valence electrons. The quantitative estimate of drug-likeness (QED) is 0.540. The van der Waals surface area contributed by atoms with E-state index in [2.05, 4.69) is 10.0 Å². The number of carbonyl (C=O) groups excluding carboxylic acids is 1. The third-order valence-electron chi connectivity index (χ3n) is 1.37. The van der Waals surface area contributed by atoms with Crippen LogP contribution < -0.4 is 10.0 Å². The van der Waals surface area contributed by atoms with Gasteiger partial charge in [-0.25, -0.2) is 13.8 Å². The van der Waals surface area contributed by atoms with Gasteiger partial charge in [-0.1, -0.05) is 0 Å². The lowest BCUT2D eigenvalue weighted by atomic mass is 10.7. The monoisotopic (exact) mass is 179 g/mol. The Labute approximate surface area is 64.7 Å². The van der Waals surface area contributed by atoms with E-state index in [1.807, 2.05) is 0 Å². The van der Waals surface area contributed by atoms with Gasteiger partial charge >= 0.3 is 16.2 Å². The molecule has 0 unspecified atom stereocenters. The van der Waals surface area contributed by atoms with Crippen LogP contribution in [-0.2, 0) is 10.2 Å². The number of carbonyl (C=O) groups is 1. The minimum absolute atomic E-state index is 0.196. The summed E-state index contributed by atoms with van der Waals surface area (Å²) in [4.78, 5) is 10.8.